The van der Waals surface area contributed by atoms with Crippen LogP contribution in [0.1, 0.15) is 132 Å². The number of nitrogens with zero attached hydrogens (tertiary/aromatic N) is 4. The summed E-state index contributed by atoms with van der Waals surface area (Å²) in [6.07, 6.45) is 10.7. The van der Waals surface area contributed by atoms with Crippen LogP contribution in [-0.4, -0.2) is 55.8 Å². The molecule has 55 heavy (non-hydrogen) atoms. The summed E-state index contributed by atoms with van der Waals surface area (Å²) in [5.74, 6) is 2.58. The Balaban J connectivity index is 1.18. The number of ether oxygens (including phenoxy) is 2. The fourth-order valence-corrected chi connectivity index (χ4v) is 13.4. The van der Waals surface area contributed by atoms with Crippen molar-refractivity contribution in [2.45, 2.75) is 139 Å². The number of carboxylic acid groups (broad SMARTS) is 1. The van der Waals surface area contributed by atoms with E-state index < -0.39 is 17.4 Å². The Morgan fingerprint density at radius 2 is 1.69 bits per heavy atom. The van der Waals surface area contributed by atoms with Gasteiger partial charge in [0.15, 0.2) is 11.6 Å². The van der Waals surface area contributed by atoms with Crippen LogP contribution in [0.5, 0.6) is 5.75 Å². The number of aliphatic carboxylic acids is 1. The van der Waals surface area contributed by atoms with Crippen molar-refractivity contribution in [3.05, 3.63) is 35.3 Å². The van der Waals surface area contributed by atoms with Crippen LogP contribution >= 0.6 is 0 Å². The number of methoxy groups -OCH3 is 1. The zero-order valence-electron chi connectivity index (χ0n) is 35.2. The molecule has 0 radical (unpaired) electrons. The van der Waals surface area contributed by atoms with E-state index in [1.165, 1.54) is 5.57 Å². The van der Waals surface area contributed by atoms with Gasteiger partial charge in [0.1, 0.15) is 23.4 Å². The second-order valence-electron chi connectivity index (χ2n) is 20.4. The molecular formula is C45H64N4O6. The molecule has 0 bridgehead atoms. The van der Waals surface area contributed by atoms with Crippen LogP contribution in [0.15, 0.2) is 29.5 Å². The minimum atomic E-state index is -1.16. The van der Waals surface area contributed by atoms with Gasteiger partial charge in [0.25, 0.3) is 0 Å². The van der Waals surface area contributed by atoms with Crippen LogP contribution in [0.3, 0.4) is 0 Å². The van der Waals surface area contributed by atoms with Crippen LogP contribution in [-0.2, 0) is 32.6 Å². The van der Waals surface area contributed by atoms with Gasteiger partial charge < -0.3 is 19.1 Å². The third kappa shape index (κ3) is 5.92. The maximum atomic E-state index is 14.2. The van der Waals surface area contributed by atoms with Crippen molar-refractivity contribution in [3.63, 3.8) is 0 Å². The molecule has 1 N–H and O–H groups in total. The topological polar surface area (TPSA) is 134 Å². The van der Waals surface area contributed by atoms with Crippen LogP contribution in [0.4, 0.5) is 0 Å². The first-order chi connectivity index (χ1) is 25.6. The predicted octanol–water partition coefficient (Wildman–Crippen LogP) is 8.82. The highest BCUT2D eigenvalue weighted by Gasteiger charge is 2.70. The van der Waals surface area contributed by atoms with E-state index in [0.29, 0.717) is 48.0 Å². The van der Waals surface area contributed by atoms with Gasteiger partial charge in [0, 0.05) is 30.7 Å². The lowest BCUT2D eigenvalue weighted by Crippen LogP contribution is -2.65. The summed E-state index contributed by atoms with van der Waals surface area (Å²) in [7, 11) is 3.65. The van der Waals surface area contributed by atoms with E-state index in [1.54, 1.807) is 27.2 Å². The largest absolute Gasteiger partial charge is 0.495 e. The highest BCUT2D eigenvalue weighted by molar-refractivity contribution is 6.00. The molecule has 5 aliphatic rings. The second kappa shape index (κ2) is 13.3. The molecule has 0 aliphatic heterocycles. The van der Waals surface area contributed by atoms with Crippen LogP contribution < -0.4 is 4.74 Å². The number of hydrogen-bond donors (Lipinski definition) is 1. The Morgan fingerprint density at radius 3 is 2.33 bits per heavy atom. The molecule has 10 nitrogen and oxygen atoms in total. The number of rotatable bonds is 9. The Bertz CT molecular complexity index is 1910. The summed E-state index contributed by atoms with van der Waals surface area (Å²) >= 11 is 0. The summed E-state index contributed by atoms with van der Waals surface area (Å²) in [6, 6.07) is 3.80. The van der Waals surface area contributed by atoms with Gasteiger partial charge in [-0.15, -0.1) is 10.2 Å². The van der Waals surface area contributed by atoms with Crippen molar-refractivity contribution in [2.75, 3.05) is 7.11 Å². The van der Waals surface area contributed by atoms with E-state index in [9.17, 15) is 19.5 Å². The fourth-order valence-electron chi connectivity index (χ4n) is 13.4. The highest BCUT2D eigenvalue weighted by atomic mass is 16.5. The standard InChI is InChI=1S/C45H64N4O6/c1-26(2)36-30(50)22-45(23-34-47-48-38(49(34)10)29-14-12-27(54-11)25-46-29)21-20-43(8)28(37(36)45)13-15-32-42(7)18-17-33(55-35(51)24-40(3,4)39(52)53)41(5,6)31(42)16-19-44(32,43)9/h12,14,25-26,28,31-33H,13,15-24H2,1-11H3,(H,52,53)/t28-,31+,32-,33+,42+,43-,44-,45+/m1/s1. The van der Waals surface area contributed by atoms with E-state index in [2.05, 4.69) is 63.1 Å². The van der Waals surface area contributed by atoms with Crippen LogP contribution in [0, 0.1) is 56.2 Å². The molecule has 10 heteroatoms. The minimum absolute atomic E-state index is 0.0292. The number of ketones is 1. The quantitative estimate of drug-likeness (QED) is 0.249. The average molecular weight is 757 g/mol. The summed E-state index contributed by atoms with van der Waals surface area (Å²) in [5, 5.41) is 19.0. The Hall–Kier alpha value is -3.56. The molecular weight excluding hydrogens is 693 g/mol. The zero-order chi connectivity index (χ0) is 40.1. The van der Waals surface area contributed by atoms with E-state index >= 15 is 0 Å². The molecule has 0 aromatic carbocycles. The molecule has 0 saturated heterocycles. The van der Waals surface area contributed by atoms with Crippen molar-refractivity contribution in [2.24, 2.45) is 63.2 Å². The summed E-state index contributed by atoms with van der Waals surface area (Å²) in [6.45, 7) is 19.8. The molecule has 7 rings (SSSR count). The number of fused-ring (bicyclic) bond motifs is 7. The first kappa shape index (κ1) is 39.7. The van der Waals surface area contributed by atoms with E-state index in [-0.39, 0.29) is 45.5 Å². The average Bonchev–Trinajstić information content (AvgIpc) is 3.61. The molecule has 2 heterocycles. The number of hydrogen-bond acceptors (Lipinski definition) is 8. The number of aromatic nitrogens is 4. The smallest absolute Gasteiger partial charge is 0.309 e. The number of carbonyl (C=O) groups is 3. The van der Waals surface area contributed by atoms with Crippen molar-refractivity contribution >= 4 is 17.7 Å². The van der Waals surface area contributed by atoms with Crippen molar-refractivity contribution in [3.8, 4) is 17.3 Å². The third-order valence-corrected chi connectivity index (χ3v) is 16.6. The van der Waals surface area contributed by atoms with Gasteiger partial charge in [0.2, 0.25) is 0 Å². The zero-order valence-corrected chi connectivity index (χ0v) is 35.2. The van der Waals surface area contributed by atoms with Crippen LogP contribution in [0.25, 0.3) is 11.5 Å². The first-order valence-corrected chi connectivity index (χ1v) is 20.7. The Kier molecular flexibility index (Phi) is 9.56. The Morgan fingerprint density at radius 1 is 0.964 bits per heavy atom. The SMILES string of the molecule is COc1ccc(-c2nnc(C[C@@]34CC[C@]5(C)[C@H](CC[C@@H]6[C@@]7(C)CC[C@H](OC(=O)CC(C)(C)C(=O)O)C(C)(C)[C@@H]7CC[C@]65C)C3=C(C(C)C)C(=O)C4)n2C)nc1. The van der Waals surface area contributed by atoms with E-state index in [1.807, 2.05) is 19.2 Å². The van der Waals surface area contributed by atoms with E-state index in [0.717, 1.165) is 68.5 Å². The molecule has 4 fully saturated rings. The van der Waals surface area contributed by atoms with Gasteiger partial charge in [-0.1, -0.05) is 54.0 Å². The molecule has 0 unspecified atom stereocenters. The maximum Gasteiger partial charge on any atom is 0.309 e. The van der Waals surface area contributed by atoms with Gasteiger partial charge in [-0.25, -0.2) is 4.98 Å². The molecule has 0 spiro atoms. The Labute approximate surface area is 327 Å². The van der Waals surface area contributed by atoms with Gasteiger partial charge in [-0.2, -0.15) is 0 Å². The molecule has 300 valence electrons. The van der Waals surface area contributed by atoms with Crippen molar-refractivity contribution < 1.29 is 29.0 Å². The minimum Gasteiger partial charge on any atom is -0.495 e. The molecule has 2 aromatic heterocycles. The van der Waals surface area contributed by atoms with Gasteiger partial charge in [-0.3, -0.25) is 14.4 Å². The molecule has 4 saturated carbocycles. The highest BCUT2D eigenvalue weighted by Crippen LogP contribution is 2.77. The van der Waals surface area contributed by atoms with Crippen molar-refractivity contribution in [1.82, 2.24) is 19.7 Å². The number of esters is 1. The first-order valence-electron chi connectivity index (χ1n) is 20.7. The normalized spacial score (nSPS) is 35.5. The summed E-state index contributed by atoms with van der Waals surface area (Å²) in [5.41, 5.74) is 1.76. The predicted molar refractivity (Wildman–Crippen MR) is 210 cm³/mol. The molecule has 5 aliphatic carbocycles. The number of Topliss-reactive ketones (excluding diaryl/α,β-unsaturated/α-hetero) is 1. The third-order valence-electron chi connectivity index (χ3n) is 16.6. The lowest BCUT2D eigenvalue weighted by atomic mass is 9.33. The summed E-state index contributed by atoms with van der Waals surface area (Å²) < 4.78 is 13.6. The molecule has 8 atom stereocenters. The fraction of sp³-hybridized carbons (Fsp3) is 0.733. The van der Waals surface area contributed by atoms with Gasteiger partial charge in [-0.05, 0) is 123 Å². The second-order valence-corrected chi connectivity index (χ2v) is 20.4. The lowest BCUT2D eigenvalue weighted by Gasteiger charge is -2.72. The molecule has 2 aromatic rings. The number of pyridine rings is 1. The lowest BCUT2D eigenvalue weighted by molar-refractivity contribution is -0.233. The number of allylic oxidation sites excluding steroid dienone is 2. The van der Waals surface area contributed by atoms with Gasteiger partial charge >= 0.3 is 11.9 Å². The monoisotopic (exact) mass is 756 g/mol. The van der Waals surface area contributed by atoms with Crippen molar-refractivity contribution in [1.29, 1.82) is 0 Å². The maximum absolute atomic E-state index is 14.2. The van der Waals surface area contributed by atoms with Gasteiger partial charge in [0.05, 0.1) is 25.1 Å². The van der Waals surface area contributed by atoms with Crippen LogP contribution in [0.2, 0.25) is 0 Å². The molecule has 0 amide bonds. The summed E-state index contributed by atoms with van der Waals surface area (Å²) in [4.78, 5) is 43.7. The number of carboxylic acids is 1. The van der Waals surface area contributed by atoms with E-state index in [4.69, 9.17) is 14.6 Å². The number of carbonyl (C=O) groups excluding carboxylic acids is 2.